The second kappa shape index (κ2) is 19.3. The summed E-state index contributed by atoms with van der Waals surface area (Å²) in [4.78, 5) is 24.3. The zero-order chi connectivity index (χ0) is 29.8. The predicted molar refractivity (Wildman–Crippen MR) is 170 cm³/mol. The number of nitrogens with zero attached hydrogens (tertiary/aromatic N) is 2. The van der Waals surface area contributed by atoms with Crippen molar-refractivity contribution in [3.05, 3.63) is 83.9 Å². The molecule has 0 saturated heterocycles. The summed E-state index contributed by atoms with van der Waals surface area (Å²) < 4.78 is 11.4. The summed E-state index contributed by atoms with van der Waals surface area (Å²) in [5.74, 6) is 0.848. The van der Waals surface area contributed by atoms with E-state index < -0.39 is 5.97 Å². The molecule has 0 fully saturated rings. The predicted octanol–water partition coefficient (Wildman–Crippen LogP) is 11.0. The van der Waals surface area contributed by atoms with Gasteiger partial charge in [0.1, 0.15) is 11.5 Å². The molecule has 3 aromatic carbocycles. The molecule has 0 spiro atoms. The maximum atomic E-state index is 12.6. The molecule has 0 aliphatic heterocycles. The Kier molecular flexibility index (Phi) is 15.1. The van der Waals surface area contributed by atoms with Crippen LogP contribution in [0, 0.1) is 0 Å². The van der Waals surface area contributed by atoms with Gasteiger partial charge < -0.3 is 9.47 Å². The number of esters is 1. The number of unbranched alkanes of at least 4 members (excludes halogenated alkanes) is 11. The van der Waals surface area contributed by atoms with Gasteiger partial charge in [-0.05, 0) is 79.2 Å². The lowest BCUT2D eigenvalue weighted by atomic mass is 10.1. The van der Waals surface area contributed by atoms with E-state index in [0.29, 0.717) is 41.3 Å². The fourth-order valence-corrected chi connectivity index (χ4v) is 4.60. The first kappa shape index (κ1) is 32.7. The molecule has 0 saturated carbocycles. The number of Topliss-reactive ketones (excluding diaryl/α,β-unsaturated/α-hetero) is 1. The Labute approximate surface area is 251 Å². The highest BCUT2D eigenvalue weighted by molar-refractivity contribution is 5.96. The molecule has 0 unspecified atom stereocenters. The highest BCUT2D eigenvalue weighted by Crippen LogP contribution is 2.23. The van der Waals surface area contributed by atoms with Crippen molar-refractivity contribution < 1.29 is 19.1 Å². The van der Waals surface area contributed by atoms with Crippen molar-refractivity contribution in [2.45, 2.75) is 97.3 Å². The van der Waals surface area contributed by atoms with Crippen LogP contribution in [0.3, 0.4) is 0 Å². The van der Waals surface area contributed by atoms with Gasteiger partial charge in [0.2, 0.25) is 0 Å². The number of azo groups is 1. The Morgan fingerprint density at radius 2 is 1.00 bits per heavy atom. The van der Waals surface area contributed by atoms with Gasteiger partial charge in [-0.1, -0.05) is 84.5 Å². The number of benzene rings is 3. The molecule has 0 aliphatic carbocycles. The number of ketones is 1. The Bertz CT molecular complexity index is 1220. The second-order valence-electron chi connectivity index (χ2n) is 10.7. The van der Waals surface area contributed by atoms with E-state index in [0.717, 1.165) is 12.2 Å². The molecule has 0 amide bonds. The van der Waals surface area contributed by atoms with E-state index in [1.807, 2.05) is 19.1 Å². The first-order valence-electron chi connectivity index (χ1n) is 15.7. The third kappa shape index (κ3) is 12.4. The fourth-order valence-electron chi connectivity index (χ4n) is 4.60. The van der Waals surface area contributed by atoms with E-state index in [2.05, 4.69) is 17.2 Å². The molecule has 0 aliphatic rings. The van der Waals surface area contributed by atoms with Gasteiger partial charge in [-0.2, -0.15) is 10.2 Å². The molecular weight excluding hydrogens is 524 g/mol. The summed E-state index contributed by atoms with van der Waals surface area (Å²) in [5.41, 5.74) is 2.40. The third-order valence-corrected chi connectivity index (χ3v) is 7.20. The maximum Gasteiger partial charge on any atom is 0.343 e. The van der Waals surface area contributed by atoms with Crippen molar-refractivity contribution in [3.8, 4) is 11.5 Å². The lowest BCUT2D eigenvalue weighted by molar-refractivity contribution is 0.0734. The normalized spacial score (nSPS) is 11.1. The van der Waals surface area contributed by atoms with E-state index in [4.69, 9.17) is 9.47 Å². The minimum atomic E-state index is -0.432. The van der Waals surface area contributed by atoms with Gasteiger partial charge in [0, 0.05) is 12.0 Å². The van der Waals surface area contributed by atoms with Crippen LogP contribution in [0.25, 0.3) is 0 Å². The summed E-state index contributed by atoms with van der Waals surface area (Å²) in [6, 6.07) is 20.9. The summed E-state index contributed by atoms with van der Waals surface area (Å²) >= 11 is 0. The first-order chi connectivity index (χ1) is 20.6. The molecule has 6 nitrogen and oxygen atoms in total. The summed E-state index contributed by atoms with van der Waals surface area (Å²) in [6.45, 7) is 4.79. The molecule has 6 heteroatoms. The van der Waals surface area contributed by atoms with Crippen molar-refractivity contribution in [1.82, 2.24) is 0 Å². The van der Waals surface area contributed by atoms with Crippen LogP contribution in [0.15, 0.2) is 83.0 Å². The number of ether oxygens (including phenoxy) is 2. The summed E-state index contributed by atoms with van der Waals surface area (Å²) in [7, 11) is 0. The van der Waals surface area contributed by atoms with Crippen LogP contribution in [-0.4, -0.2) is 18.4 Å². The highest BCUT2D eigenvalue weighted by Gasteiger charge is 2.09. The summed E-state index contributed by atoms with van der Waals surface area (Å²) in [6.07, 6.45) is 16.3. The van der Waals surface area contributed by atoms with E-state index in [1.54, 1.807) is 60.7 Å². The lowest BCUT2D eigenvalue weighted by Gasteiger charge is -2.08. The molecule has 0 bridgehead atoms. The van der Waals surface area contributed by atoms with Crippen molar-refractivity contribution >= 4 is 23.1 Å². The monoisotopic (exact) mass is 570 g/mol. The van der Waals surface area contributed by atoms with E-state index in [1.165, 1.54) is 70.6 Å². The number of carbonyl (C=O) groups excluding carboxylic acids is 2. The number of carbonyl (C=O) groups is 2. The third-order valence-electron chi connectivity index (χ3n) is 7.20. The highest BCUT2D eigenvalue weighted by atomic mass is 16.5. The van der Waals surface area contributed by atoms with Gasteiger partial charge >= 0.3 is 5.97 Å². The van der Waals surface area contributed by atoms with Crippen molar-refractivity contribution in [3.63, 3.8) is 0 Å². The summed E-state index contributed by atoms with van der Waals surface area (Å²) in [5, 5.41) is 8.41. The number of rotatable bonds is 20. The zero-order valence-corrected chi connectivity index (χ0v) is 25.4. The SMILES string of the molecule is CCCCCCCCCCCCCCOc1ccc(C(=O)Oc2ccc(N=Nc3ccc(C(=O)CC)cc3)cc2)cc1. The van der Waals surface area contributed by atoms with Crippen LogP contribution in [-0.2, 0) is 0 Å². The topological polar surface area (TPSA) is 77.3 Å². The molecule has 224 valence electrons. The number of hydrogen-bond donors (Lipinski definition) is 0. The van der Waals surface area contributed by atoms with Crippen LogP contribution < -0.4 is 9.47 Å². The van der Waals surface area contributed by atoms with E-state index in [9.17, 15) is 9.59 Å². The average molecular weight is 571 g/mol. The Balaban J connectivity index is 1.30. The molecule has 3 rings (SSSR count). The van der Waals surface area contributed by atoms with Gasteiger partial charge in [0.05, 0.1) is 23.5 Å². The van der Waals surface area contributed by atoms with E-state index in [-0.39, 0.29) is 5.78 Å². The molecule has 0 atom stereocenters. The first-order valence-corrected chi connectivity index (χ1v) is 15.7. The standard InChI is InChI=1S/C36H46N2O4/c1-3-5-6-7-8-9-10-11-12-13-14-15-28-41-33-24-18-30(19-25-33)36(40)42-34-26-22-32(23-27-34)38-37-31-20-16-29(17-21-31)35(39)4-2/h16-27H,3-15,28H2,1-2H3. The minimum absolute atomic E-state index is 0.0953. The molecule has 0 N–H and O–H groups in total. The zero-order valence-electron chi connectivity index (χ0n) is 25.4. The number of hydrogen-bond acceptors (Lipinski definition) is 6. The van der Waals surface area contributed by atoms with Crippen molar-refractivity contribution in [2.24, 2.45) is 10.2 Å². The fraction of sp³-hybridized carbons (Fsp3) is 0.444. The molecule has 0 radical (unpaired) electrons. The minimum Gasteiger partial charge on any atom is -0.494 e. The largest absolute Gasteiger partial charge is 0.494 e. The molecule has 0 aromatic heterocycles. The Hall–Kier alpha value is -3.80. The Morgan fingerprint density at radius 3 is 1.52 bits per heavy atom. The average Bonchev–Trinajstić information content (AvgIpc) is 3.03. The molecule has 0 heterocycles. The van der Waals surface area contributed by atoms with Crippen molar-refractivity contribution in [1.29, 1.82) is 0 Å². The van der Waals surface area contributed by atoms with Crippen LogP contribution in [0.1, 0.15) is 118 Å². The Morgan fingerprint density at radius 1 is 0.548 bits per heavy atom. The quantitative estimate of drug-likeness (QED) is 0.0445. The van der Waals surface area contributed by atoms with Gasteiger partial charge in [0.15, 0.2) is 5.78 Å². The van der Waals surface area contributed by atoms with Gasteiger partial charge in [-0.3, -0.25) is 4.79 Å². The van der Waals surface area contributed by atoms with Crippen LogP contribution in [0.2, 0.25) is 0 Å². The lowest BCUT2D eigenvalue weighted by Crippen LogP contribution is -2.08. The van der Waals surface area contributed by atoms with Crippen LogP contribution >= 0.6 is 0 Å². The molecule has 3 aromatic rings. The second-order valence-corrected chi connectivity index (χ2v) is 10.7. The maximum absolute atomic E-state index is 12.6. The van der Waals surface area contributed by atoms with Crippen molar-refractivity contribution in [2.75, 3.05) is 6.61 Å². The van der Waals surface area contributed by atoms with Crippen LogP contribution in [0.5, 0.6) is 11.5 Å². The van der Waals surface area contributed by atoms with E-state index >= 15 is 0 Å². The molecular formula is C36H46N2O4. The van der Waals surface area contributed by atoms with Gasteiger partial charge in [-0.25, -0.2) is 4.79 Å². The van der Waals surface area contributed by atoms with Crippen LogP contribution in [0.4, 0.5) is 11.4 Å². The van der Waals surface area contributed by atoms with Gasteiger partial charge in [0.25, 0.3) is 0 Å². The van der Waals surface area contributed by atoms with Gasteiger partial charge in [-0.15, -0.1) is 0 Å². The molecule has 42 heavy (non-hydrogen) atoms. The smallest absolute Gasteiger partial charge is 0.343 e.